The van der Waals surface area contributed by atoms with Crippen LogP contribution in [-0.2, 0) is 0 Å². The quantitative estimate of drug-likeness (QED) is 0.899. The van der Waals surface area contributed by atoms with Crippen LogP contribution in [0.15, 0.2) is 28.1 Å². The molecule has 0 saturated carbocycles. The second-order valence-corrected chi connectivity index (χ2v) is 6.14. The van der Waals surface area contributed by atoms with Crippen LogP contribution in [0.25, 0.3) is 0 Å². The fraction of sp³-hybridized carbons (Fsp3) is 0.231. The predicted molar refractivity (Wildman–Crippen MR) is 81.5 cm³/mol. The fourth-order valence-corrected chi connectivity index (χ4v) is 2.97. The van der Waals surface area contributed by atoms with E-state index in [0.717, 1.165) is 20.7 Å². The van der Waals surface area contributed by atoms with E-state index in [0.29, 0.717) is 5.69 Å². The van der Waals surface area contributed by atoms with Crippen LogP contribution in [0.3, 0.4) is 0 Å². The van der Waals surface area contributed by atoms with Gasteiger partial charge in [0.15, 0.2) is 0 Å². The maximum absolute atomic E-state index is 12.0. The normalized spacial score (nSPS) is 12.2. The Labute approximate surface area is 124 Å². The molecule has 0 saturated heterocycles. The molecule has 1 aromatic carbocycles. The van der Waals surface area contributed by atoms with E-state index in [2.05, 4.69) is 26.2 Å². The van der Waals surface area contributed by atoms with Gasteiger partial charge in [-0.05, 0) is 37.6 Å². The third kappa shape index (κ3) is 3.62. The van der Waals surface area contributed by atoms with Crippen molar-refractivity contribution in [3.63, 3.8) is 0 Å². The number of nitrogens with two attached hydrogens (primary N) is 1. The fourth-order valence-electron chi connectivity index (χ4n) is 1.60. The minimum absolute atomic E-state index is 0.153. The van der Waals surface area contributed by atoms with Gasteiger partial charge in [-0.15, -0.1) is 11.3 Å². The number of hydrogen-bond acceptors (Lipinski definition) is 4. The van der Waals surface area contributed by atoms with Crippen molar-refractivity contribution in [3.8, 4) is 0 Å². The Morgan fingerprint density at radius 1 is 1.47 bits per heavy atom. The number of hydrogen-bond donors (Lipinski definition) is 2. The highest BCUT2D eigenvalue weighted by atomic mass is 79.9. The van der Waals surface area contributed by atoms with Gasteiger partial charge in [0.05, 0.1) is 6.04 Å². The summed E-state index contributed by atoms with van der Waals surface area (Å²) < 4.78 is 0.928. The molecule has 2 aromatic rings. The summed E-state index contributed by atoms with van der Waals surface area (Å²) in [5.41, 5.74) is 7.94. The summed E-state index contributed by atoms with van der Waals surface area (Å²) in [5, 5.41) is 5.31. The van der Waals surface area contributed by atoms with Crippen molar-refractivity contribution < 1.29 is 4.79 Å². The lowest BCUT2D eigenvalue weighted by atomic mass is 10.2. The van der Waals surface area contributed by atoms with Crippen LogP contribution in [-0.4, -0.2) is 10.9 Å². The Morgan fingerprint density at radius 3 is 2.79 bits per heavy atom. The van der Waals surface area contributed by atoms with Gasteiger partial charge in [-0.2, -0.15) is 0 Å². The minimum atomic E-state index is -0.222. The average Bonchev–Trinajstić information content (AvgIpc) is 2.76. The summed E-state index contributed by atoms with van der Waals surface area (Å²) in [4.78, 5) is 16.3. The van der Waals surface area contributed by atoms with Gasteiger partial charge < -0.3 is 11.1 Å². The van der Waals surface area contributed by atoms with Crippen molar-refractivity contribution in [1.29, 1.82) is 0 Å². The Hall–Kier alpha value is -1.24. The third-order valence-electron chi connectivity index (χ3n) is 2.44. The van der Waals surface area contributed by atoms with Gasteiger partial charge in [0.2, 0.25) is 0 Å². The van der Waals surface area contributed by atoms with Crippen LogP contribution in [0.1, 0.15) is 34.0 Å². The first-order chi connectivity index (χ1) is 8.95. The predicted octanol–water partition coefficient (Wildman–Crippen LogP) is 3.49. The first-order valence-electron chi connectivity index (χ1n) is 5.75. The summed E-state index contributed by atoms with van der Waals surface area (Å²) in [6.45, 7) is 3.82. The van der Waals surface area contributed by atoms with E-state index in [9.17, 15) is 4.79 Å². The highest BCUT2D eigenvalue weighted by Crippen LogP contribution is 2.21. The van der Waals surface area contributed by atoms with Crippen LogP contribution in [0.5, 0.6) is 0 Å². The number of nitrogens with one attached hydrogen (secondary N) is 1. The summed E-state index contributed by atoms with van der Waals surface area (Å²) in [5.74, 6) is -0.222. The molecular formula is C13H14BrN3OS. The van der Waals surface area contributed by atoms with Gasteiger partial charge >= 0.3 is 0 Å². The second-order valence-electron chi connectivity index (χ2n) is 4.33. The zero-order valence-electron chi connectivity index (χ0n) is 10.6. The van der Waals surface area contributed by atoms with Crippen LogP contribution in [0.4, 0.5) is 5.69 Å². The van der Waals surface area contributed by atoms with Crippen molar-refractivity contribution in [2.75, 3.05) is 5.32 Å². The molecule has 0 fully saturated rings. The first kappa shape index (κ1) is 14.2. The molecule has 0 bridgehead atoms. The number of aryl methyl sites for hydroxylation is 1. The first-order valence-corrected chi connectivity index (χ1v) is 7.42. The van der Waals surface area contributed by atoms with Gasteiger partial charge in [-0.3, -0.25) is 4.79 Å². The van der Waals surface area contributed by atoms with E-state index in [1.165, 1.54) is 11.3 Å². The van der Waals surface area contributed by atoms with Crippen molar-refractivity contribution in [1.82, 2.24) is 4.98 Å². The number of thiazole rings is 1. The SMILES string of the molecule is Cc1cc(Br)cc(NC(=O)c2csc(C(C)N)n2)c1. The van der Waals surface area contributed by atoms with E-state index >= 15 is 0 Å². The summed E-state index contributed by atoms with van der Waals surface area (Å²) in [6.07, 6.45) is 0. The maximum Gasteiger partial charge on any atom is 0.275 e. The second kappa shape index (κ2) is 5.81. The summed E-state index contributed by atoms with van der Waals surface area (Å²) in [6, 6.07) is 5.58. The largest absolute Gasteiger partial charge is 0.322 e. The minimum Gasteiger partial charge on any atom is -0.322 e. The van der Waals surface area contributed by atoms with Crippen molar-refractivity contribution in [3.05, 3.63) is 44.3 Å². The Balaban J connectivity index is 2.15. The Kier molecular flexibility index (Phi) is 4.34. The smallest absolute Gasteiger partial charge is 0.275 e. The van der Waals surface area contributed by atoms with Gasteiger partial charge in [0.1, 0.15) is 10.7 Å². The molecule has 0 spiro atoms. The molecule has 1 aromatic heterocycles. The molecule has 100 valence electrons. The van der Waals surface area contributed by atoms with E-state index in [1.807, 2.05) is 32.0 Å². The van der Waals surface area contributed by atoms with E-state index < -0.39 is 0 Å². The molecule has 1 heterocycles. The molecule has 0 aliphatic rings. The molecule has 2 rings (SSSR count). The summed E-state index contributed by atoms with van der Waals surface area (Å²) >= 11 is 4.80. The van der Waals surface area contributed by atoms with Crippen LogP contribution < -0.4 is 11.1 Å². The van der Waals surface area contributed by atoms with Gasteiger partial charge in [0, 0.05) is 15.5 Å². The molecule has 6 heteroatoms. The van der Waals surface area contributed by atoms with Gasteiger partial charge in [0.25, 0.3) is 5.91 Å². The number of nitrogens with zero attached hydrogens (tertiary/aromatic N) is 1. The van der Waals surface area contributed by atoms with Crippen LogP contribution in [0.2, 0.25) is 0 Å². The van der Waals surface area contributed by atoms with E-state index in [4.69, 9.17) is 5.73 Å². The van der Waals surface area contributed by atoms with Crippen molar-refractivity contribution in [2.24, 2.45) is 5.73 Å². The monoisotopic (exact) mass is 339 g/mol. The molecule has 19 heavy (non-hydrogen) atoms. The van der Waals surface area contributed by atoms with Crippen molar-refractivity contribution >= 4 is 38.9 Å². The molecule has 1 atom stereocenters. The number of carbonyl (C=O) groups excluding carboxylic acids is 1. The van der Waals surface area contributed by atoms with Gasteiger partial charge in [-0.1, -0.05) is 15.9 Å². The summed E-state index contributed by atoms with van der Waals surface area (Å²) in [7, 11) is 0. The maximum atomic E-state index is 12.0. The number of anilines is 1. The van der Waals surface area contributed by atoms with E-state index in [1.54, 1.807) is 5.38 Å². The zero-order chi connectivity index (χ0) is 14.0. The highest BCUT2D eigenvalue weighted by molar-refractivity contribution is 9.10. The third-order valence-corrected chi connectivity index (χ3v) is 3.95. The van der Waals surface area contributed by atoms with Crippen LogP contribution in [0, 0.1) is 6.92 Å². The number of benzene rings is 1. The molecule has 3 N–H and O–H groups in total. The lowest BCUT2D eigenvalue weighted by Gasteiger charge is -2.05. The highest BCUT2D eigenvalue weighted by Gasteiger charge is 2.13. The molecule has 0 aliphatic carbocycles. The standard InChI is InChI=1S/C13H14BrN3OS/c1-7-3-9(14)5-10(4-7)16-12(18)11-6-19-13(17-11)8(2)15/h3-6,8H,15H2,1-2H3,(H,16,18). The zero-order valence-corrected chi connectivity index (χ0v) is 13.0. The van der Waals surface area contributed by atoms with Crippen LogP contribution >= 0.6 is 27.3 Å². The Morgan fingerprint density at radius 2 is 2.21 bits per heavy atom. The molecule has 1 unspecified atom stereocenters. The Bertz CT molecular complexity index is 589. The molecular weight excluding hydrogens is 326 g/mol. The molecule has 4 nitrogen and oxygen atoms in total. The number of amides is 1. The molecule has 1 amide bonds. The number of carbonyl (C=O) groups is 1. The van der Waals surface area contributed by atoms with E-state index in [-0.39, 0.29) is 11.9 Å². The average molecular weight is 340 g/mol. The van der Waals surface area contributed by atoms with Gasteiger partial charge in [-0.25, -0.2) is 4.98 Å². The topological polar surface area (TPSA) is 68.0 Å². The lowest BCUT2D eigenvalue weighted by molar-refractivity contribution is 0.102. The number of aromatic nitrogens is 1. The number of halogens is 1. The molecule has 0 radical (unpaired) electrons. The molecule has 0 aliphatic heterocycles. The number of rotatable bonds is 3. The lowest BCUT2D eigenvalue weighted by Crippen LogP contribution is -2.13. The van der Waals surface area contributed by atoms with Crippen molar-refractivity contribution in [2.45, 2.75) is 19.9 Å².